The predicted octanol–water partition coefficient (Wildman–Crippen LogP) is 4.12. The summed E-state index contributed by atoms with van der Waals surface area (Å²) in [5, 5.41) is 2.50. The molecule has 0 aliphatic carbocycles. The standard InChI is InChI=1S/C18H19FN2O3S/c1-23-13-9-12(10-14(11-13)24-2)20-18(22)21-7-8-25-17(21)15-5-3-4-6-16(15)19/h3-6,9-11,17H,7-8H2,1-2H3,(H,20,22)/t17-/m0/s1. The second kappa shape index (κ2) is 7.65. The predicted molar refractivity (Wildman–Crippen MR) is 96.9 cm³/mol. The van der Waals surface area contributed by atoms with E-state index in [0.29, 0.717) is 29.3 Å². The first-order chi connectivity index (χ1) is 12.1. The van der Waals surface area contributed by atoms with Crippen LogP contribution in [0.15, 0.2) is 42.5 Å². The van der Waals surface area contributed by atoms with Crippen molar-refractivity contribution in [3.63, 3.8) is 0 Å². The van der Waals surface area contributed by atoms with Gasteiger partial charge in [-0.2, -0.15) is 0 Å². The van der Waals surface area contributed by atoms with Gasteiger partial charge in [0.1, 0.15) is 22.7 Å². The number of thioether (sulfide) groups is 1. The molecule has 0 saturated carbocycles. The Hall–Kier alpha value is -2.41. The topological polar surface area (TPSA) is 50.8 Å². The summed E-state index contributed by atoms with van der Waals surface area (Å²) in [6.07, 6.45) is 0. The van der Waals surface area contributed by atoms with Crippen molar-refractivity contribution in [2.45, 2.75) is 5.37 Å². The number of ether oxygens (including phenoxy) is 2. The molecule has 0 radical (unpaired) electrons. The Morgan fingerprint density at radius 2 is 1.88 bits per heavy atom. The van der Waals surface area contributed by atoms with Crippen molar-refractivity contribution in [2.24, 2.45) is 0 Å². The molecule has 1 heterocycles. The van der Waals surface area contributed by atoms with Gasteiger partial charge in [0, 0.05) is 41.7 Å². The SMILES string of the molecule is COc1cc(NC(=O)N2CCS[C@H]2c2ccccc2F)cc(OC)c1. The first-order valence-corrected chi connectivity index (χ1v) is 8.84. The van der Waals surface area contributed by atoms with Crippen molar-refractivity contribution in [3.05, 3.63) is 53.8 Å². The van der Waals surface area contributed by atoms with Crippen molar-refractivity contribution >= 4 is 23.5 Å². The normalized spacial score (nSPS) is 16.6. The Labute approximate surface area is 150 Å². The van der Waals surface area contributed by atoms with Crippen LogP contribution in [0.4, 0.5) is 14.9 Å². The van der Waals surface area contributed by atoms with Gasteiger partial charge in [0.05, 0.1) is 14.2 Å². The second-order valence-corrected chi connectivity index (χ2v) is 6.66. The lowest BCUT2D eigenvalue weighted by Crippen LogP contribution is -2.34. The average molecular weight is 362 g/mol. The van der Waals surface area contributed by atoms with Gasteiger partial charge < -0.3 is 19.7 Å². The van der Waals surface area contributed by atoms with Crippen LogP contribution in [0.25, 0.3) is 0 Å². The highest BCUT2D eigenvalue weighted by atomic mass is 32.2. The number of anilines is 1. The fourth-order valence-electron chi connectivity index (χ4n) is 2.69. The molecule has 1 saturated heterocycles. The number of nitrogens with zero attached hydrogens (tertiary/aromatic N) is 1. The van der Waals surface area contributed by atoms with Crippen LogP contribution in [0.5, 0.6) is 11.5 Å². The van der Waals surface area contributed by atoms with Crippen LogP contribution >= 0.6 is 11.8 Å². The minimum absolute atomic E-state index is 0.284. The van der Waals surface area contributed by atoms with E-state index in [1.807, 2.05) is 0 Å². The van der Waals surface area contributed by atoms with Gasteiger partial charge in [0.25, 0.3) is 0 Å². The molecule has 7 heteroatoms. The zero-order valence-corrected chi connectivity index (χ0v) is 14.8. The number of hydrogen-bond donors (Lipinski definition) is 1. The first kappa shape index (κ1) is 17.4. The highest BCUT2D eigenvalue weighted by Crippen LogP contribution is 2.39. The summed E-state index contributed by atoms with van der Waals surface area (Å²) < 4.78 is 24.5. The molecule has 0 bridgehead atoms. The number of rotatable bonds is 4. The minimum Gasteiger partial charge on any atom is -0.497 e. The van der Waals surface area contributed by atoms with E-state index in [4.69, 9.17) is 9.47 Å². The highest BCUT2D eigenvalue weighted by molar-refractivity contribution is 7.99. The zero-order chi connectivity index (χ0) is 17.8. The molecule has 1 aliphatic heterocycles. The number of nitrogens with one attached hydrogen (secondary N) is 1. The van der Waals surface area contributed by atoms with Crippen molar-refractivity contribution < 1.29 is 18.7 Å². The number of carbonyl (C=O) groups is 1. The number of urea groups is 1. The lowest BCUT2D eigenvalue weighted by Gasteiger charge is -2.25. The first-order valence-electron chi connectivity index (χ1n) is 7.79. The minimum atomic E-state index is -0.339. The molecule has 3 rings (SSSR count). The van der Waals surface area contributed by atoms with Gasteiger partial charge in [0.2, 0.25) is 0 Å². The molecule has 132 valence electrons. The lowest BCUT2D eigenvalue weighted by molar-refractivity contribution is 0.213. The molecule has 25 heavy (non-hydrogen) atoms. The Morgan fingerprint density at radius 1 is 1.20 bits per heavy atom. The fraction of sp³-hybridized carbons (Fsp3) is 0.278. The second-order valence-electron chi connectivity index (χ2n) is 5.47. The summed E-state index contributed by atoms with van der Waals surface area (Å²) in [7, 11) is 3.09. The number of benzene rings is 2. The van der Waals surface area contributed by atoms with Crippen LogP contribution in [0.3, 0.4) is 0 Å². The van der Waals surface area contributed by atoms with E-state index in [0.717, 1.165) is 5.75 Å². The monoisotopic (exact) mass is 362 g/mol. The summed E-state index contributed by atoms with van der Waals surface area (Å²) in [5.41, 5.74) is 1.08. The number of amides is 2. The third kappa shape index (κ3) is 3.82. The van der Waals surface area contributed by atoms with E-state index in [9.17, 15) is 9.18 Å². The molecule has 2 aromatic carbocycles. The van der Waals surface area contributed by atoms with Gasteiger partial charge in [-0.1, -0.05) is 18.2 Å². The van der Waals surface area contributed by atoms with E-state index < -0.39 is 0 Å². The van der Waals surface area contributed by atoms with Gasteiger partial charge >= 0.3 is 6.03 Å². The largest absolute Gasteiger partial charge is 0.497 e. The molecular formula is C18H19FN2O3S. The third-order valence-electron chi connectivity index (χ3n) is 3.93. The van der Waals surface area contributed by atoms with Crippen LogP contribution < -0.4 is 14.8 Å². The molecule has 2 amide bonds. The van der Waals surface area contributed by atoms with Crippen molar-refractivity contribution in [1.29, 1.82) is 0 Å². The van der Waals surface area contributed by atoms with Crippen LogP contribution in [0.2, 0.25) is 0 Å². The van der Waals surface area contributed by atoms with E-state index in [1.54, 1.807) is 67.3 Å². The van der Waals surface area contributed by atoms with Crippen molar-refractivity contribution in [2.75, 3.05) is 31.8 Å². The molecular weight excluding hydrogens is 343 g/mol. The highest BCUT2D eigenvalue weighted by Gasteiger charge is 2.32. The fourth-order valence-corrected chi connectivity index (χ4v) is 3.96. The van der Waals surface area contributed by atoms with Crippen molar-refractivity contribution in [1.82, 2.24) is 4.90 Å². The molecule has 0 aromatic heterocycles. The summed E-state index contributed by atoms with van der Waals surface area (Å²) in [6, 6.07) is 11.4. The third-order valence-corrected chi connectivity index (χ3v) is 5.17. The molecule has 2 aromatic rings. The Balaban J connectivity index is 1.80. The van der Waals surface area contributed by atoms with Crippen LogP contribution in [-0.4, -0.2) is 37.4 Å². The quantitative estimate of drug-likeness (QED) is 0.889. The average Bonchev–Trinajstić information content (AvgIpc) is 3.11. The Morgan fingerprint density at radius 3 is 2.52 bits per heavy atom. The van der Waals surface area contributed by atoms with Crippen LogP contribution in [-0.2, 0) is 0 Å². The van der Waals surface area contributed by atoms with Crippen LogP contribution in [0.1, 0.15) is 10.9 Å². The Bertz CT molecular complexity index is 749. The number of halogens is 1. The van der Waals surface area contributed by atoms with Gasteiger partial charge in [0.15, 0.2) is 0 Å². The Kier molecular flexibility index (Phi) is 5.33. The number of hydrogen-bond acceptors (Lipinski definition) is 4. The molecule has 1 aliphatic rings. The summed E-state index contributed by atoms with van der Waals surface area (Å²) in [4.78, 5) is 14.3. The van der Waals surface area contributed by atoms with Gasteiger partial charge in [-0.15, -0.1) is 11.8 Å². The number of methoxy groups -OCH3 is 2. The van der Waals surface area contributed by atoms with Crippen LogP contribution in [0, 0.1) is 5.82 Å². The van der Waals surface area contributed by atoms with Gasteiger partial charge in [-0.25, -0.2) is 9.18 Å². The maximum atomic E-state index is 14.1. The summed E-state index contributed by atoms with van der Waals surface area (Å²) in [6.45, 7) is 0.552. The van der Waals surface area contributed by atoms with E-state index in [-0.39, 0.29) is 17.2 Å². The summed E-state index contributed by atoms with van der Waals surface area (Å²) in [5.74, 6) is 1.61. The van der Waals surface area contributed by atoms with Crippen molar-refractivity contribution in [3.8, 4) is 11.5 Å². The summed E-state index contributed by atoms with van der Waals surface area (Å²) >= 11 is 1.55. The van der Waals surface area contributed by atoms with E-state index in [2.05, 4.69) is 5.32 Å². The number of carbonyl (C=O) groups excluding carboxylic acids is 1. The molecule has 1 fully saturated rings. The molecule has 1 atom stereocenters. The molecule has 5 nitrogen and oxygen atoms in total. The van der Waals surface area contributed by atoms with E-state index in [1.165, 1.54) is 6.07 Å². The lowest BCUT2D eigenvalue weighted by atomic mass is 10.2. The maximum Gasteiger partial charge on any atom is 0.323 e. The molecule has 0 spiro atoms. The molecule has 1 N–H and O–H groups in total. The maximum absolute atomic E-state index is 14.1. The van der Waals surface area contributed by atoms with Gasteiger partial charge in [-0.3, -0.25) is 0 Å². The van der Waals surface area contributed by atoms with Gasteiger partial charge in [-0.05, 0) is 6.07 Å². The molecule has 0 unspecified atom stereocenters. The smallest absolute Gasteiger partial charge is 0.323 e. The van der Waals surface area contributed by atoms with E-state index >= 15 is 0 Å². The zero-order valence-electron chi connectivity index (χ0n) is 14.0.